The highest BCUT2D eigenvalue weighted by Gasteiger charge is 2.22. The van der Waals surface area contributed by atoms with Crippen molar-refractivity contribution in [2.45, 2.75) is 38.1 Å². The molecule has 1 saturated heterocycles. The van der Waals surface area contributed by atoms with E-state index in [1.54, 1.807) is 0 Å². The van der Waals surface area contributed by atoms with Gasteiger partial charge in [0, 0.05) is 19.0 Å². The van der Waals surface area contributed by atoms with Crippen molar-refractivity contribution in [3.05, 3.63) is 0 Å². The predicted octanol–water partition coefficient (Wildman–Crippen LogP) is 1.27. The molecule has 1 fully saturated rings. The molecule has 1 unspecified atom stereocenters. The van der Waals surface area contributed by atoms with Crippen LogP contribution in [0, 0.1) is 0 Å². The highest BCUT2D eigenvalue weighted by molar-refractivity contribution is 5.66. The van der Waals surface area contributed by atoms with E-state index in [2.05, 4.69) is 23.9 Å². The van der Waals surface area contributed by atoms with Crippen molar-refractivity contribution in [2.75, 3.05) is 33.7 Å². The first kappa shape index (κ1) is 13.5. The molecular weight excluding hydrogens is 204 g/mol. The fraction of sp³-hybridized carbons (Fsp3) is 0.917. The van der Waals surface area contributed by atoms with Gasteiger partial charge in [0.15, 0.2) is 0 Å². The van der Waals surface area contributed by atoms with Crippen LogP contribution in [0.4, 0.5) is 0 Å². The molecule has 16 heavy (non-hydrogen) atoms. The van der Waals surface area contributed by atoms with Gasteiger partial charge in [0.25, 0.3) is 0 Å². The fourth-order valence-electron chi connectivity index (χ4n) is 2.23. The number of aliphatic carboxylic acids is 1. The maximum atomic E-state index is 10.3. The Balaban J connectivity index is 2.00. The van der Waals surface area contributed by atoms with Crippen molar-refractivity contribution in [3.63, 3.8) is 0 Å². The summed E-state index contributed by atoms with van der Waals surface area (Å²) >= 11 is 0. The van der Waals surface area contributed by atoms with Gasteiger partial charge in [-0.15, -0.1) is 0 Å². The first-order valence-corrected chi connectivity index (χ1v) is 6.20. The van der Waals surface area contributed by atoms with Crippen molar-refractivity contribution in [3.8, 4) is 0 Å². The number of carbonyl (C=O) groups is 1. The minimum Gasteiger partial charge on any atom is -0.481 e. The Morgan fingerprint density at radius 1 is 1.38 bits per heavy atom. The number of likely N-dealkylation sites (N-methyl/N-ethyl adjacent to an activating group) is 1. The topological polar surface area (TPSA) is 43.8 Å². The predicted molar refractivity (Wildman–Crippen MR) is 64.6 cm³/mol. The van der Waals surface area contributed by atoms with Gasteiger partial charge >= 0.3 is 5.97 Å². The molecule has 1 aliphatic rings. The molecule has 94 valence electrons. The minimum atomic E-state index is -0.672. The third-order valence-electron chi connectivity index (χ3n) is 3.34. The molecule has 1 heterocycles. The summed E-state index contributed by atoms with van der Waals surface area (Å²) in [6.07, 6.45) is 4.57. The summed E-state index contributed by atoms with van der Waals surface area (Å²) in [5, 5.41) is 8.50. The lowest BCUT2D eigenvalue weighted by molar-refractivity contribution is -0.137. The maximum absolute atomic E-state index is 10.3. The number of nitrogens with zero attached hydrogens (tertiary/aromatic N) is 2. The van der Waals surface area contributed by atoms with Crippen LogP contribution in [0.2, 0.25) is 0 Å². The van der Waals surface area contributed by atoms with Crippen molar-refractivity contribution in [2.24, 2.45) is 0 Å². The number of unbranched alkanes of at least 4 members (excludes halogenated alkanes) is 2. The number of hydrogen-bond donors (Lipinski definition) is 1. The smallest absolute Gasteiger partial charge is 0.303 e. The van der Waals surface area contributed by atoms with Crippen LogP contribution in [-0.2, 0) is 4.79 Å². The molecule has 0 aromatic carbocycles. The second-order valence-corrected chi connectivity index (χ2v) is 4.91. The van der Waals surface area contributed by atoms with Gasteiger partial charge in [-0.3, -0.25) is 4.79 Å². The molecule has 1 rings (SSSR count). The molecule has 0 aromatic rings. The molecule has 1 atom stereocenters. The maximum Gasteiger partial charge on any atom is 0.303 e. The number of rotatable bonds is 7. The van der Waals surface area contributed by atoms with Gasteiger partial charge < -0.3 is 14.9 Å². The van der Waals surface area contributed by atoms with E-state index in [0.29, 0.717) is 12.5 Å². The summed E-state index contributed by atoms with van der Waals surface area (Å²) in [5.74, 6) is -0.672. The van der Waals surface area contributed by atoms with Crippen LogP contribution < -0.4 is 0 Å². The van der Waals surface area contributed by atoms with E-state index in [4.69, 9.17) is 5.11 Å². The van der Waals surface area contributed by atoms with Gasteiger partial charge in [-0.25, -0.2) is 0 Å². The normalized spacial score (nSPS) is 21.8. The first-order chi connectivity index (χ1) is 7.59. The quantitative estimate of drug-likeness (QED) is 0.666. The van der Waals surface area contributed by atoms with Crippen LogP contribution in [0.15, 0.2) is 0 Å². The molecule has 4 heteroatoms. The second kappa shape index (κ2) is 6.86. The van der Waals surface area contributed by atoms with E-state index in [-0.39, 0.29) is 0 Å². The Morgan fingerprint density at radius 2 is 2.12 bits per heavy atom. The zero-order chi connectivity index (χ0) is 12.0. The van der Waals surface area contributed by atoms with Gasteiger partial charge in [0.1, 0.15) is 0 Å². The Morgan fingerprint density at radius 3 is 2.69 bits per heavy atom. The van der Waals surface area contributed by atoms with Gasteiger partial charge in [-0.1, -0.05) is 6.42 Å². The molecular formula is C12H24N2O2. The lowest BCUT2D eigenvalue weighted by Crippen LogP contribution is -2.31. The Hall–Kier alpha value is -0.610. The van der Waals surface area contributed by atoms with Gasteiger partial charge in [-0.2, -0.15) is 0 Å². The van der Waals surface area contributed by atoms with Crippen LogP contribution in [-0.4, -0.2) is 60.6 Å². The zero-order valence-corrected chi connectivity index (χ0v) is 10.5. The molecule has 0 radical (unpaired) electrons. The Labute approximate surface area is 98.2 Å². The third-order valence-corrected chi connectivity index (χ3v) is 3.34. The number of carboxylic acids is 1. The average molecular weight is 228 g/mol. The fourth-order valence-corrected chi connectivity index (χ4v) is 2.23. The lowest BCUT2D eigenvalue weighted by atomic mass is 10.2. The van der Waals surface area contributed by atoms with E-state index >= 15 is 0 Å². The summed E-state index contributed by atoms with van der Waals surface area (Å²) in [7, 11) is 4.28. The number of carboxylic acid groups (broad SMARTS) is 1. The summed E-state index contributed by atoms with van der Waals surface area (Å²) in [6, 6.07) is 0.707. The molecule has 1 aliphatic heterocycles. The molecule has 0 bridgehead atoms. The van der Waals surface area contributed by atoms with Gasteiger partial charge in [0.05, 0.1) is 0 Å². The summed E-state index contributed by atoms with van der Waals surface area (Å²) in [4.78, 5) is 15.1. The Bertz CT molecular complexity index is 219. The SMILES string of the molecule is CN(C)C1CCN(CCCCCC(=O)O)C1. The molecule has 0 aromatic heterocycles. The van der Waals surface area contributed by atoms with Crippen LogP contribution >= 0.6 is 0 Å². The highest BCUT2D eigenvalue weighted by atomic mass is 16.4. The second-order valence-electron chi connectivity index (χ2n) is 4.91. The number of hydrogen-bond acceptors (Lipinski definition) is 3. The summed E-state index contributed by atoms with van der Waals surface area (Å²) < 4.78 is 0. The highest BCUT2D eigenvalue weighted by Crippen LogP contribution is 2.14. The van der Waals surface area contributed by atoms with Crippen molar-refractivity contribution in [1.29, 1.82) is 0 Å². The average Bonchev–Trinajstić information content (AvgIpc) is 2.65. The monoisotopic (exact) mass is 228 g/mol. The van der Waals surface area contributed by atoms with Crippen molar-refractivity contribution in [1.82, 2.24) is 9.80 Å². The van der Waals surface area contributed by atoms with Crippen LogP contribution in [0.3, 0.4) is 0 Å². The molecule has 0 saturated carbocycles. The van der Waals surface area contributed by atoms with E-state index in [1.165, 1.54) is 19.5 Å². The first-order valence-electron chi connectivity index (χ1n) is 6.20. The standard InChI is InChI=1S/C12H24N2O2/c1-13(2)11-7-9-14(10-11)8-5-3-4-6-12(15)16/h11H,3-10H2,1-2H3,(H,15,16). The Kier molecular flexibility index (Phi) is 5.77. The van der Waals surface area contributed by atoms with Crippen molar-refractivity contribution >= 4 is 5.97 Å². The molecule has 1 N–H and O–H groups in total. The molecule has 0 aliphatic carbocycles. The number of likely N-dealkylation sites (tertiary alicyclic amines) is 1. The van der Waals surface area contributed by atoms with E-state index in [1.807, 2.05) is 0 Å². The van der Waals surface area contributed by atoms with E-state index in [0.717, 1.165) is 25.8 Å². The van der Waals surface area contributed by atoms with E-state index < -0.39 is 5.97 Å². The zero-order valence-electron chi connectivity index (χ0n) is 10.5. The molecule has 0 spiro atoms. The summed E-state index contributed by atoms with van der Waals surface area (Å²) in [6.45, 7) is 3.50. The van der Waals surface area contributed by atoms with Crippen LogP contribution in [0.1, 0.15) is 32.1 Å². The van der Waals surface area contributed by atoms with Gasteiger partial charge in [-0.05, 0) is 46.4 Å². The van der Waals surface area contributed by atoms with Crippen molar-refractivity contribution < 1.29 is 9.90 Å². The van der Waals surface area contributed by atoms with E-state index in [9.17, 15) is 4.79 Å². The van der Waals surface area contributed by atoms with Crippen LogP contribution in [0.5, 0.6) is 0 Å². The minimum absolute atomic E-state index is 0.320. The largest absolute Gasteiger partial charge is 0.481 e. The molecule has 0 amide bonds. The van der Waals surface area contributed by atoms with Crippen LogP contribution in [0.25, 0.3) is 0 Å². The molecule has 4 nitrogen and oxygen atoms in total. The van der Waals surface area contributed by atoms with Gasteiger partial charge in [0.2, 0.25) is 0 Å². The lowest BCUT2D eigenvalue weighted by Gasteiger charge is -2.20. The third kappa shape index (κ3) is 4.94. The summed E-state index contributed by atoms with van der Waals surface area (Å²) in [5.41, 5.74) is 0.